The van der Waals surface area contributed by atoms with Crippen LogP contribution in [0, 0.1) is 6.92 Å². The smallest absolute Gasteiger partial charge is 0.222 e. The molecule has 0 aromatic carbocycles. The van der Waals surface area contributed by atoms with Crippen LogP contribution in [0.4, 0.5) is 5.82 Å². The number of hydrogen-bond donors (Lipinski definition) is 0. The number of carbonyl (C=O) groups excluding carboxylic acids is 1. The molecule has 0 N–H and O–H groups in total. The summed E-state index contributed by atoms with van der Waals surface area (Å²) >= 11 is 0. The van der Waals surface area contributed by atoms with Crippen molar-refractivity contribution in [2.75, 3.05) is 24.5 Å². The molecule has 0 unspecified atom stereocenters. The van der Waals surface area contributed by atoms with Gasteiger partial charge >= 0.3 is 0 Å². The number of aryl methyl sites for hydroxylation is 1. The molecule has 4 heterocycles. The van der Waals surface area contributed by atoms with E-state index in [0.29, 0.717) is 18.4 Å². The van der Waals surface area contributed by atoms with Gasteiger partial charge in [0.1, 0.15) is 0 Å². The Morgan fingerprint density at radius 1 is 1.08 bits per heavy atom. The van der Waals surface area contributed by atoms with Gasteiger partial charge in [0.15, 0.2) is 11.6 Å². The zero-order valence-corrected chi connectivity index (χ0v) is 13.9. The monoisotopic (exact) mass is 326 g/mol. The SMILES string of the molecule is Cc1ccn(-c2ccc(N3CCC[C@@H](N4CCCC4=O)C3)nn2)n1. The molecule has 0 bridgehead atoms. The molecular weight excluding hydrogens is 304 g/mol. The van der Waals surface area contributed by atoms with Gasteiger partial charge in [-0.15, -0.1) is 10.2 Å². The first-order valence-corrected chi connectivity index (χ1v) is 8.61. The molecule has 2 aliphatic heterocycles. The van der Waals surface area contributed by atoms with Crippen LogP contribution in [0.3, 0.4) is 0 Å². The number of anilines is 1. The summed E-state index contributed by atoms with van der Waals surface area (Å²) < 4.78 is 1.73. The molecule has 2 aliphatic rings. The quantitative estimate of drug-likeness (QED) is 0.856. The molecular formula is C17H22N6O. The highest BCUT2D eigenvalue weighted by molar-refractivity contribution is 5.78. The van der Waals surface area contributed by atoms with Crippen LogP contribution in [0.2, 0.25) is 0 Å². The molecule has 0 aliphatic carbocycles. The first kappa shape index (κ1) is 15.1. The van der Waals surface area contributed by atoms with E-state index in [9.17, 15) is 4.79 Å². The number of rotatable bonds is 3. The Morgan fingerprint density at radius 3 is 2.58 bits per heavy atom. The highest BCUT2D eigenvalue weighted by atomic mass is 16.2. The summed E-state index contributed by atoms with van der Waals surface area (Å²) in [5.74, 6) is 1.89. The van der Waals surface area contributed by atoms with Crippen molar-refractivity contribution in [1.82, 2.24) is 24.9 Å². The highest BCUT2D eigenvalue weighted by Crippen LogP contribution is 2.24. The number of piperidine rings is 1. The lowest BCUT2D eigenvalue weighted by Crippen LogP contribution is -2.48. The minimum Gasteiger partial charge on any atom is -0.353 e. The average Bonchev–Trinajstić information content (AvgIpc) is 3.24. The van der Waals surface area contributed by atoms with Crippen molar-refractivity contribution in [2.45, 2.75) is 38.6 Å². The van der Waals surface area contributed by atoms with Gasteiger partial charge in [-0.3, -0.25) is 4.79 Å². The molecule has 1 amide bonds. The first-order valence-electron chi connectivity index (χ1n) is 8.61. The van der Waals surface area contributed by atoms with E-state index >= 15 is 0 Å². The van der Waals surface area contributed by atoms with Gasteiger partial charge in [0.2, 0.25) is 5.91 Å². The van der Waals surface area contributed by atoms with Gasteiger partial charge in [-0.1, -0.05) is 0 Å². The fraction of sp³-hybridized carbons (Fsp3) is 0.529. The van der Waals surface area contributed by atoms with Crippen molar-refractivity contribution in [3.63, 3.8) is 0 Å². The van der Waals surface area contributed by atoms with Crippen LogP contribution in [0.5, 0.6) is 0 Å². The first-order chi connectivity index (χ1) is 11.7. The van der Waals surface area contributed by atoms with E-state index < -0.39 is 0 Å². The maximum absolute atomic E-state index is 12.0. The Balaban J connectivity index is 1.48. The normalized spacial score (nSPS) is 21.5. The largest absolute Gasteiger partial charge is 0.353 e. The lowest BCUT2D eigenvalue weighted by atomic mass is 10.0. The summed E-state index contributed by atoms with van der Waals surface area (Å²) in [4.78, 5) is 16.3. The van der Waals surface area contributed by atoms with Crippen molar-refractivity contribution >= 4 is 11.7 Å². The minimum absolute atomic E-state index is 0.303. The van der Waals surface area contributed by atoms with Crippen LogP contribution >= 0.6 is 0 Å². The Hall–Kier alpha value is -2.44. The number of amides is 1. The molecule has 126 valence electrons. The Morgan fingerprint density at radius 2 is 1.92 bits per heavy atom. The summed E-state index contributed by atoms with van der Waals surface area (Å²) in [6.45, 7) is 4.67. The van der Waals surface area contributed by atoms with E-state index in [1.165, 1.54) is 0 Å². The van der Waals surface area contributed by atoms with E-state index in [-0.39, 0.29) is 0 Å². The van der Waals surface area contributed by atoms with E-state index in [1.807, 2.05) is 31.3 Å². The third-order valence-electron chi connectivity index (χ3n) is 4.86. The third kappa shape index (κ3) is 2.86. The van der Waals surface area contributed by atoms with Crippen LogP contribution in [-0.4, -0.2) is 56.5 Å². The van der Waals surface area contributed by atoms with Gasteiger partial charge in [-0.2, -0.15) is 5.10 Å². The van der Waals surface area contributed by atoms with Crippen LogP contribution in [0.1, 0.15) is 31.4 Å². The second-order valence-corrected chi connectivity index (χ2v) is 6.58. The maximum Gasteiger partial charge on any atom is 0.222 e. The molecule has 0 radical (unpaired) electrons. The predicted molar refractivity (Wildman–Crippen MR) is 90.1 cm³/mol. The number of carbonyl (C=O) groups is 1. The Labute approximate surface area is 141 Å². The highest BCUT2D eigenvalue weighted by Gasteiger charge is 2.31. The van der Waals surface area contributed by atoms with Gasteiger partial charge < -0.3 is 9.80 Å². The zero-order valence-electron chi connectivity index (χ0n) is 13.9. The Kier molecular flexibility index (Phi) is 3.92. The fourth-order valence-corrected chi connectivity index (χ4v) is 3.62. The van der Waals surface area contributed by atoms with Gasteiger partial charge in [0.05, 0.1) is 5.69 Å². The standard InChI is InChI=1S/C17H22N6O/c1-13-8-11-23(20-13)16-7-6-15(18-19-16)21-9-2-4-14(12-21)22-10-3-5-17(22)24/h6-8,11,14H,2-5,9-10,12H2,1H3/t14-/m1/s1. The minimum atomic E-state index is 0.303. The van der Waals surface area contributed by atoms with Crippen LogP contribution in [-0.2, 0) is 4.79 Å². The summed E-state index contributed by atoms with van der Waals surface area (Å²) in [5, 5.41) is 13.0. The number of likely N-dealkylation sites (tertiary alicyclic amines) is 1. The van der Waals surface area contributed by atoms with Gasteiger partial charge in [-0.25, -0.2) is 4.68 Å². The lowest BCUT2D eigenvalue weighted by molar-refractivity contribution is -0.129. The summed E-state index contributed by atoms with van der Waals surface area (Å²) in [6.07, 6.45) is 5.74. The lowest BCUT2D eigenvalue weighted by Gasteiger charge is -2.38. The molecule has 7 heteroatoms. The topological polar surface area (TPSA) is 67.2 Å². The maximum atomic E-state index is 12.0. The fourth-order valence-electron chi connectivity index (χ4n) is 3.62. The summed E-state index contributed by atoms with van der Waals surface area (Å²) in [6, 6.07) is 6.19. The predicted octanol–water partition coefficient (Wildman–Crippen LogP) is 1.56. The molecule has 2 fully saturated rings. The van der Waals surface area contributed by atoms with Crippen LogP contribution < -0.4 is 4.90 Å². The van der Waals surface area contributed by atoms with Crippen molar-refractivity contribution < 1.29 is 4.79 Å². The zero-order chi connectivity index (χ0) is 16.5. The van der Waals surface area contributed by atoms with E-state index in [1.54, 1.807) is 4.68 Å². The second kappa shape index (κ2) is 6.22. The molecule has 24 heavy (non-hydrogen) atoms. The molecule has 0 saturated carbocycles. The molecule has 2 aromatic rings. The molecule has 2 saturated heterocycles. The molecule has 2 aromatic heterocycles. The molecule has 7 nitrogen and oxygen atoms in total. The van der Waals surface area contributed by atoms with Gasteiger partial charge in [0, 0.05) is 38.3 Å². The van der Waals surface area contributed by atoms with Gasteiger partial charge in [-0.05, 0) is 44.4 Å². The summed E-state index contributed by atoms with van der Waals surface area (Å²) in [7, 11) is 0. The second-order valence-electron chi connectivity index (χ2n) is 6.58. The van der Waals surface area contributed by atoms with Crippen LogP contribution in [0.15, 0.2) is 24.4 Å². The van der Waals surface area contributed by atoms with E-state index in [0.717, 1.165) is 56.2 Å². The molecule has 0 spiro atoms. The number of hydrogen-bond acceptors (Lipinski definition) is 5. The van der Waals surface area contributed by atoms with E-state index in [2.05, 4.69) is 25.1 Å². The Bertz CT molecular complexity index is 725. The van der Waals surface area contributed by atoms with Gasteiger partial charge in [0.25, 0.3) is 0 Å². The molecule has 4 rings (SSSR count). The molecule has 1 atom stereocenters. The summed E-state index contributed by atoms with van der Waals surface area (Å²) in [5.41, 5.74) is 0.954. The third-order valence-corrected chi connectivity index (χ3v) is 4.86. The van der Waals surface area contributed by atoms with Crippen molar-refractivity contribution in [2.24, 2.45) is 0 Å². The van der Waals surface area contributed by atoms with Crippen molar-refractivity contribution in [3.8, 4) is 5.82 Å². The van der Waals surface area contributed by atoms with Crippen molar-refractivity contribution in [1.29, 1.82) is 0 Å². The van der Waals surface area contributed by atoms with E-state index in [4.69, 9.17) is 0 Å². The number of aromatic nitrogens is 4. The average molecular weight is 326 g/mol. The van der Waals surface area contributed by atoms with Crippen molar-refractivity contribution in [3.05, 3.63) is 30.1 Å². The van der Waals surface area contributed by atoms with Crippen LogP contribution in [0.25, 0.3) is 5.82 Å². The number of nitrogens with zero attached hydrogens (tertiary/aromatic N) is 6.